The van der Waals surface area contributed by atoms with Crippen LogP contribution in [-0.4, -0.2) is 16.9 Å². The smallest absolute Gasteiger partial charge is 0.316 e. The van der Waals surface area contributed by atoms with Gasteiger partial charge < -0.3 is 5.11 Å². The average molecular weight is 170 g/mol. The van der Waals surface area contributed by atoms with Crippen molar-refractivity contribution in [1.82, 2.24) is 0 Å². The van der Waals surface area contributed by atoms with Crippen LogP contribution < -0.4 is 0 Å². The normalized spacial score (nSPS) is 31.2. The van der Waals surface area contributed by atoms with E-state index in [0.717, 1.165) is 19.3 Å². The quantitative estimate of drug-likeness (QED) is 0.480. The summed E-state index contributed by atoms with van der Waals surface area (Å²) in [7, 11) is 0. The minimum absolute atomic E-state index is 0.104. The lowest BCUT2D eigenvalue weighted by Crippen LogP contribution is -2.35. The molecule has 0 radical (unpaired) electrons. The van der Waals surface area contributed by atoms with Crippen molar-refractivity contribution in [3.63, 3.8) is 0 Å². The topological polar surface area (TPSA) is 54.4 Å². The molecule has 0 aromatic heterocycles. The molecule has 1 atom stereocenters. The van der Waals surface area contributed by atoms with Crippen LogP contribution in [0.25, 0.3) is 0 Å². The molecule has 0 heterocycles. The highest BCUT2D eigenvalue weighted by Crippen LogP contribution is 2.31. The third kappa shape index (κ3) is 1.49. The molecule has 1 unspecified atom stereocenters. The van der Waals surface area contributed by atoms with E-state index < -0.39 is 11.4 Å². The maximum atomic E-state index is 11.4. The van der Waals surface area contributed by atoms with E-state index in [1.54, 1.807) is 6.92 Å². The molecule has 0 aliphatic heterocycles. The van der Waals surface area contributed by atoms with Crippen LogP contribution in [0.1, 0.15) is 39.0 Å². The van der Waals surface area contributed by atoms with Crippen molar-refractivity contribution in [2.45, 2.75) is 39.0 Å². The molecule has 1 aliphatic rings. The van der Waals surface area contributed by atoms with Crippen LogP contribution in [0, 0.1) is 5.41 Å². The monoisotopic (exact) mass is 170 g/mol. The van der Waals surface area contributed by atoms with Crippen LogP contribution >= 0.6 is 0 Å². The second-order valence-electron chi connectivity index (χ2n) is 3.62. The van der Waals surface area contributed by atoms with Gasteiger partial charge in [0.15, 0.2) is 0 Å². The first kappa shape index (κ1) is 9.23. The van der Waals surface area contributed by atoms with Crippen molar-refractivity contribution >= 4 is 11.8 Å². The van der Waals surface area contributed by atoms with Gasteiger partial charge in [-0.2, -0.15) is 0 Å². The zero-order chi connectivity index (χ0) is 9.19. The lowest BCUT2D eigenvalue weighted by Gasteiger charge is -2.20. The van der Waals surface area contributed by atoms with Gasteiger partial charge in [0, 0.05) is 6.42 Å². The maximum absolute atomic E-state index is 11.4. The molecule has 0 spiro atoms. The Bertz CT molecular complexity index is 210. The summed E-state index contributed by atoms with van der Waals surface area (Å²) in [6.45, 7) is 1.54. The van der Waals surface area contributed by atoms with Crippen molar-refractivity contribution < 1.29 is 14.7 Å². The lowest BCUT2D eigenvalue weighted by molar-refractivity contribution is -0.154. The van der Waals surface area contributed by atoms with E-state index in [-0.39, 0.29) is 5.78 Å². The van der Waals surface area contributed by atoms with Gasteiger partial charge in [-0.3, -0.25) is 9.59 Å². The minimum Gasteiger partial charge on any atom is -0.481 e. The summed E-state index contributed by atoms with van der Waals surface area (Å²) in [5, 5.41) is 8.87. The Morgan fingerprint density at radius 3 is 2.67 bits per heavy atom. The molecule has 68 valence electrons. The zero-order valence-electron chi connectivity index (χ0n) is 7.30. The van der Waals surface area contributed by atoms with Gasteiger partial charge in [-0.15, -0.1) is 0 Å². The summed E-state index contributed by atoms with van der Waals surface area (Å²) in [6, 6.07) is 0. The molecular weight excluding hydrogens is 156 g/mol. The number of Topliss-reactive ketones (excluding diaryl/α,β-unsaturated/α-hetero) is 1. The van der Waals surface area contributed by atoms with Gasteiger partial charge in [0.1, 0.15) is 11.2 Å². The average Bonchev–Trinajstić information content (AvgIpc) is 2.16. The molecule has 1 saturated carbocycles. The molecular formula is C9H14O3. The lowest BCUT2D eigenvalue weighted by atomic mass is 9.82. The van der Waals surface area contributed by atoms with E-state index in [1.165, 1.54) is 0 Å². The zero-order valence-corrected chi connectivity index (χ0v) is 7.30. The van der Waals surface area contributed by atoms with Crippen LogP contribution in [0.2, 0.25) is 0 Å². The first-order chi connectivity index (χ1) is 5.57. The maximum Gasteiger partial charge on any atom is 0.316 e. The van der Waals surface area contributed by atoms with Crippen molar-refractivity contribution in [2.75, 3.05) is 0 Å². The number of ketones is 1. The molecule has 3 heteroatoms. The highest BCUT2D eigenvalue weighted by molar-refractivity contribution is 6.02. The summed E-state index contributed by atoms with van der Waals surface area (Å²) in [6.07, 6.45) is 3.62. The summed E-state index contributed by atoms with van der Waals surface area (Å²) in [5.41, 5.74) is -1.10. The number of hydrogen-bond acceptors (Lipinski definition) is 2. The van der Waals surface area contributed by atoms with Crippen molar-refractivity contribution in [3.05, 3.63) is 0 Å². The number of carbonyl (C=O) groups excluding carboxylic acids is 1. The van der Waals surface area contributed by atoms with Crippen LogP contribution in [0.4, 0.5) is 0 Å². The highest BCUT2D eigenvalue weighted by atomic mass is 16.4. The Morgan fingerprint density at radius 2 is 2.08 bits per heavy atom. The van der Waals surface area contributed by atoms with Gasteiger partial charge in [-0.05, 0) is 19.8 Å². The second-order valence-corrected chi connectivity index (χ2v) is 3.62. The second kappa shape index (κ2) is 3.25. The third-order valence-electron chi connectivity index (χ3n) is 2.67. The van der Waals surface area contributed by atoms with Crippen molar-refractivity contribution in [1.29, 1.82) is 0 Å². The molecule has 0 amide bonds. The molecule has 0 saturated heterocycles. The van der Waals surface area contributed by atoms with Crippen molar-refractivity contribution in [3.8, 4) is 0 Å². The summed E-state index contributed by atoms with van der Waals surface area (Å²) in [5.74, 6) is -1.07. The number of carboxylic acid groups (broad SMARTS) is 1. The van der Waals surface area contributed by atoms with E-state index in [1.807, 2.05) is 0 Å². The number of rotatable bonds is 1. The molecule has 1 rings (SSSR count). The summed E-state index contributed by atoms with van der Waals surface area (Å²) >= 11 is 0. The number of aliphatic carboxylic acids is 1. The van der Waals surface area contributed by atoms with Crippen LogP contribution in [-0.2, 0) is 9.59 Å². The Balaban J connectivity index is 2.83. The SMILES string of the molecule is CC1(C(=O)O)CCCCCC1=O. The van der Waals surface area contributed by atoms with Gasteiger partial charge in [-0.1, -0.05) is 12.8 Å². The van der Waals surface area contributed by atoms with E-state index >= 15 is 0 Å². The van der Waals surface area contributed by atoms with Crippen molar-refractivity contribution in [2.24, 2.45) is 5.41 Å². The molecule has 3 nitrogen and oxygen atoms in total. The Labute approximate surface area is 71.8 Å². The Kier molecular flexibility index (Phi) is 2.50. The fourth-order valence-electron chi connectivity index (χ4n) is 1.58. The van der Waals surface area contributed by atoms with Gasteiger partial charge in [0.2, 0.25) is 0 Å². The van der Waals surface area contributed by atoms with Gasteiger partial charge >= 0.3 is 5.97 Å². The molecule has 1 N–H and O–H groups in total. The molecule has 12 heavy (non-hydrogen) atoms. The standard InChI is InChI=1S/C9H14O3/c1-9(8(11)12)6-4-2-3-5-7(9)10/h2-6H2,1H3,(H,11,12). The highest BCUT2D eigenvalue weighted by Gasteiger charge is 2.40. The largest absolute Gasteiger partial charge is 0.481 e. The number of carbonyl (C=O) groups is 2. The fraction of sp³-hybridized carbons (Fsp3) is 0.778. The predicted octanol–water partition coefficient (Wildman–Crippen LogP) is 1.61. The third-order valence-corrected chi connectivity index (χ3v) is 2.67. The van der Waals surface area contributed by atoms with E-state index in [9.17, 15) is 9.59 Å². The predicted molar refractivity (Wildman–Crippen MR) is 43.8 cm³/mol. The Morgan fingerprint density at radius 1 is 1.42 bits per heavy atom. The molecule has 0 aromatic rings. The van der Waals surface area contributed by atoms with Gasteiger partial charge in [0.25, 0.3) is 0 Å². The van der Waals surface area contributed by atoms with Crippen LogP contribution in [0.3, 0.4) is 0 Å². The number of carboxylic acids is 1. The first-order valence-electron chi connectivity index (χ1n) is 4.34. The van der Waals surface area contributed by atoms with Gasteiger partial charge in [0.05, 0.1) is 0 Å². The van der Waals surface area contributed by atoms with E-state index in [0.29, 0.717) is 12.8 Å². The van der Waals surface area contributed by atoms with E-state index in [2.05, 4.69) is 0 Å². The molecule has 0 bridgehead atoms. The Hall–Kier alpha value is -0.860. The minimum atomic E-state index is -1.10. The summed E-state index contributed by atoms with van der Waals surface area (Å²) in [4.78, 5) is 22.2. The molecule has 1 aliphatic carbocycles. The molecule has 0 aromatic carbocycles. The first-order valence-corrected chi connectivity index (χ1v) is 4.34. The molecule has 1 fully saturated rings. The van der Waals surface area contributed by atoms with E-state index in [4.69, 9.17) is 5.11 Å². The fourth-order valence-corrected chi connectivity index (χ4v) is 1.58. The summed E-state index contributed by atoms with van der Waals surface area (Å²) < 4.78 is 0. The van der Waals surface area contributed by atoms with Crippen LogP contribution in [0.5, 0.6) is 0 Å². The van der Waals surface area contributed by atoms with Crippen LogP contribution in [0.15, 0.2) is 0 Å². The van der Waals surface area contributed by atoms with Gasteiger partial charge in [-0.25, -0.2) is 0 Å². The number of hydrogen-bond donors (Lipinski definition) is 1.